The van der Waals surface area contributed by atoms with Gasteiger partial charge in [-0.05, 0) is 24.6 Å². The molecule has 2 nitrogen and oxygen atoms in total. The van der Waals surface area contributed by atoms with Crippen molar-refractivity contribution in [3.8, 4) is 0 Å². The molecule has 2 heteroatoms. The maximum Gasteiger partial charge on any atom is 0.204 e. The molecular weight excluding hydrogens is 138 g/mol. The average Bonchev–Trinajstić information content (AvgIpc) is 2.13. The Balaban J connectivity index is 3.41. The molecule has 0 unspecified atom stereocenters. The lowest BCUT2D eigenvalue weighted by molar-refractivity contribution is 1.27. The van der Waals surface area contributed by atoms with Crippen LogP contribution in [0.2, 0.25) is 0 Å². The predicted octanol–water partition coefficient (Wildman–Crippen LogP) is 1.47. The quantitative estimate of drug-likeness (QED) is 0.602. The molecule has 0 bridgehead atoms. The molecule has 0 amide bonds. The van der Waals surface area contributed by atoms with Gasteiger partial charge in [-0.3, -0.25) is 9.78 Å². The van der Waals surface area contributed by atoms with Crippen LogP contribution in [0.25, 0.3) is 5.57 Å². The van der Waals surface area contributed by atoms with Crippen molar-refractivity contribution >= 4 is 5.57 Å². The van der Waals surface area contributed by atoms with Crippen LogP contribution in [0.5, 0.6) is 0 Å². The third-order valence-electron chi connectivity index (χ3n) is 1.29. The van der Waals surface area contributed by atoms with Gasteiger partial charge in [-0.1, -0.05) is 12.6 Å². The van der Waals surface area contributed by atoms with Crippen molar-refractivity contribution in [3.63, 3.8) is 0 Å². The first-order valence-electron chi connectivity index (χ1n) is 3.33. The molecule has 1 rings (SSSR count). The van der Waals surface area contributed by atoms with Gasteiger partial charge in [-0.25, -0.2) is 0 Å². The van der Waals surface area contributed by atoms with Crippen molar-refractivity contribution < 1.29 is 0 Å². The molecular formula is C9H9NO. The Kier molecular flexibility index (Phi) is 2.16. The Bertz CT molecular complexity index is 330. The molecule has 11 heavy (non-hydrogen) atoms. The van der Waals surface area contributed by atoms with Crippen LogP contribution >= 0.6 is 0 Å². The van der Waals surface area contributed by atoms with Crippen molar-refractivity contribution in [3.05, 3.63) is 46.9 Å². The Morgan fingerprint density at radius 1 is 1.55 bits per heavy atom. The maximum atomic E-state index is 11.1. The minimum Gasteiger partial charge on any atom is -0.288 e. The van der Waals surface area contributed by atoms with Crippen molar-refractivity contribution in [1.82, 2.24) is 4.98 Å². The highest BCUT2D eigenvalue weighted by Gasteiger charge is 1.95. The summed E-state index contributed by atoms with van der Waals surface area (Å²) >= 11 is 0. The van der Waals surface area contributed by atoms with Gasteiger partial charge in [0, 0.05) is 6.20 Å². The molecule has 0 aliphatic rings. The van der Waals surface area contributed by atoms with Crippen molar-refractivity contribution in [1.29, 1.82) is 0 Å². The first-order valence-corrected chi connectivity index (χ1v) is 3.33. The highest BCUT2D eigenvalue weighted by Crippen LogP contribution is 1.98. The van der Waals surface area contributed by atoms with E-state index >= 15 is 0 Å². The van der Waals surface area contributed by atoms with Gasteiger partial charge in [0.25, 0.3) is 0 Å². The normalized spacial score (nSPS) is 9.18. The fraction of sp³-hybridized carbons (Fsp3) is 0.111. The summed E-state index contributed by atoms with van der Waals surface area (Å²) in [5.41, 5.74) is 1.06. The Labute approximate surface area is 65.2 Å². The van der Waals surface area contributed by atoms with Gasteiger partial charge >= 0.3 is 0 Å². The molecule has 0 saturated heterocycles. The molecule has 0 N–H and O–H groups in total. The molecule has 1 aromatic rings. The van der Waals surface area contributed by atoms with Gasteiger partial charge in [0.2, 0.25) is 5.43 Å². The van der Waals surface area contributed by atoms with Crippen LogP contribution in [0.15, 0.2) is 35.8 Å². The van der Waals surface area contributed by atoms with Gasteiger partial charge in [-0.15, -0.1) is 0 Å². The number of aromatic nitrogens is 1. The first kappa shape index (κ1) is 7.66. The third-order valence-corrected chi connectivity index (χ3v) is 1.29. The average molecular weight is 147 g/mol. The smallest absolute Gasteiger partial charge is 0.204 e. The van der Waals surface area contributed by atoms with E-state index in [0.717, 1.165) is 0 Å². The molecule has 0 aliphatic carbocycles. The second kappa shape index (κ2) is 3.10. The largest absolute Gasteiger partial charge is 0.288 e. The van der Waals surface area contributed by atoms with Crippen LogP contribution in [0.1, 0.15) is 12.6 Å². The number of hydrogen-bond donors (Lipinski definition) is 0. The zero-order valence-electron chi connectivity index (χ0n) is 6.37. The molecule has 0 fully saturated rings. The van der Waals surface area contributed by atoms with E-state index < -0.39 is 0 Å². The standard InChI is InChI=1S/C9H9NO/c1-7(2)9-8(11)5-3-4-6-10-9/h3-6H,1H2,2H3. The number of nitrogens with zero attached hydrogens (tertiary/aromatic N) is 1. The van der Waals surface area contributed by atoms with E-state index in [4.69, 9.17) is 0 Å². The highest BCUT2D eigenvalue weighted by atomic mass is 16.1. The first-order chi connectivity index (χ1) is 5.22. The van der Waals surface area contributed by atoms with E-state index in [9.17, 15) is 4.79 Å². The summed E-state index contributed by atoms with van der Waals surface area (Å²) in [6.07, 6.45) is 1.59. The fourth-order valence-corrected chi connectivity index (χ4v) is 0.773. The zero-order valence-corrected chi connectivity index (χ0v) is 6.37. The summed E-state index contributed by atoms with van der Waals surface area (Å²) in [5, 5.41) is 0. The topological polar surface area (TPSA) is 30.0 Å². The lowest BCUT2D eigenvalue weighted by Crippen LogP contribution is -2.03. The molecule has 0 saturated carbocycles. The lowest BCUT2D eigenvalue weighted by Gasteiger charge is -1.88. The second-order valence-electron chi connectivity index (χ2n) is 2.32. The van der Waals surface area contributed by atoms with Gasteiger partial charge in [0.1, 0.15) is 5.69 Å². The molecule has 0 radical (unpaired) electrons. The van der Waals surface area contributed by atoms with E-state index in [2.05, 4.69) is 11.6 Å². The van der Waals surface area contributed by atoms with Gasteiger partial charge in [0.05, 0.1) is 0 Å². The van der Waals surface area contributed by atoms with E-state index in [1.54, 1.807) is 25.3 Å². The lowest BCUT2D eigenvalue weighted by atomic mass is 10.2. The SMILES string of the molecule is C=C(C)c1nccccc1=O. The summed E-state index contributed by atoms with van der Waals surface area (Å²) in [6, 6.07) is 4.87. The van der Waals surface area contributed by atoms with Gasteiger partial charge < -0.3 is 0 Å². The van der Waals surface area contributed by atoms with Crippen molar-refractivity contribution in [2.45, 2.75) is 6.92 Å². The van der Waals surface area contributed by atoms with E-state index in [1.165, 1.54) is 6.07 Å². The molecule has 1 heterocycles. The van der Waals surface area contributed by atoms with Crippen LogP contribution in [-0.4, -0.2) is 4.98 Å². The Morgan fingerprint density at radius 3 is 2.91 bits per heavy atom. The maximum absolute atomic E-state index is 11.1. The molecule has 1 aromatic heterocycles. The molecule has 0 atom stereocenters. The number of allylic oxidation sites excluding steroid dienone is 1. The molecule has 0 spiro atoms. The van der Waals surface area contributed by atoms with Crippen LogP contribution in [0.3, 0.4) is 0 Å². The van der Waals surface area contributed by atoms with Crippen molar-refractivity contribution in [2.75, 3.05) is 0 Å². The van der Waals surface area contributed by atoms with Gasteiger partial charge in [0.15, 0.2) is 0 Å². The summed E-state index contributed by atoms with van der Waals surface area (Å²) in [6.45, 7) is 5.42. The molecule has 0 aliphatic heterocycles. The molecule has 0 aromatic carbocycles. The summed E-state index contributed by atoms with van der Waals surface area (Å²) in [5.74, 6) is 0. The van der Waals surface area contributed by atoms with Crippen LogP contribution in [-0.2, 0) is 0 Å². The summed E-state index contributed by atoms with van der Waals surface area (Å²) < 4.78 is 0. The predicted molar refractivity (Wildman–Crippen MR) is 45.2 cm³/mol. The highest BCUT2D eigenvalue weighted by molar-refractivity contribution is 5.56. The summed E-state index contributed by atoms with van der Waals surface area (Å²) in [7, 11) is 0. The Morgan fingerprint density at radius 2 is 2.27 bits per heavy atom. The van der Waals surface area contributed by atoms with Gasteiger partial charge in [-0.2, -0.15) is 0 Å². The van der Waals surface area contributed by atoms with E-state index in [0.29, 0.717) is 11.3 Å². The minimum absolute atomic E-state index is 0.0810. The van der Waals surface area contributed by atoms with E-state index in [1.807, 2.05) is 0 Å². The Hall–Kier alpha value is -1.44. The zero-order chi connectivity index (χ0) is 8.27. The second-order valence-corrected chi connectivity index (χ2v) is 2.32. The third kappa shape index (κ3) is 1.74. The van der Waals surface area contributed by atoms with Crippen LogP contribution < -0.4 is 5.43 Å². The van der Waals surface area contributed by atoms with Crippen molar-refractivity contribution in [2.24, 2.45) is 0 Å². The molecule has 56 valence electrons. The van der Waals surface area contributed by atoms with Crippen LogP contribution in [0, 0.1) is 0 Å². The van der Waals surface area contributed by atoms with Crippen LogP contribution in [0.4, 0.5) is 0 Å². The number of rotatable bonds is 1. The monoisotopic (exact) mass is 147 g/mol. The minimum atomic E-state index is -0.0810. The fourth-order valence-electron chi connectivity index (χ4n) is 0.773. The summed E-state index contributed by atoms with van der Waals surface area (Å²) in [4.78, 5) is 15.1. The van der Waals surface area contributed by atoms with E-state index in [-0.39, 0.29) is 5.43 Å². The number of hydrogen-bond acceptors (Lipinski definition) is 2.